The number of nitrogens with one attached hydrogen (secondary N) is 2. The fraction of sp³-hybridized carbons (Fsp3) is 0.227. The zero-order valence-corrected chi connectivity index (χ0v) is 16.1. The molecule has 0 saturated heterocycles. The highest BCUT2D eigenvalue weighted by atomic mass is 16.5. The van der Waals surface area contributed by atoms with Crippen molar-refractivity contribution in [2.24, 2.45) is 5.10 Å². The van der Waals surface area contributed by atoms with Crippen molar-refractivity contribution in [3.63, 3.8) is 0 Å². The molecule has 1 heterocycles. The molecule has 0 spiro atoms. The lowest BCUT2D eigenvalue weighted by Crippen LogP contribution is -2.17. The molecule has 28 heavy (non-hydrogen) atoms. The van der Waals surface area contributed by atoms with Gasteiger partial charge in [0.2, 0.25) is 0 Å². The predicted octanol–water partition coefficient (Wildman–Crippen LogP) is 4.19. The van der Waals surface area contributed by atoms with Crippen LogP contribution in [0.2, 0.25) is 0 Å². The summed E-state index contributed by atoms with van der Waals surface area (Å²) in [7, 11) is 0. The molecule has 3 aromatic rings. The largest absolute Gasteiger partial charge is 0.494 e. The number of carbonyl (C=O) groups excluding carboxylic acids is 1. The van der Waals surface area contributed by atoms with Crippen LogP contribution in [0, 0.1) is 0 Å². The maximum Gasteiger partial charge on any atom is 0.289 e. The third kappa shape index (κ3) is 5.07. The van der Waals surface area contributed by atoms with E-state index in [1.54, 1.807) is 12.3 Å². The molecule has 2 aromatic carbocycles. The minimum absolute atomic E-state index is 0.344. The Morgan fingerprint density at radius 3 is 2.57 bits per heavy atom. The predicted molar refractivity (Wildman–Crippen MR) is 111 cm³/mol. The number of H-pyrrole nitrogens is 1. The third-order valence-corrected chi connectivity index (χ3v) is 4.21. The van der Waals surface area contributed by atoms with Gasteiger partial charge in [0.25, 0.3) is 5.91 Å². The number of rotatable bonds is 8. The third-order valence-electron chi connectivity index (χ3n) is 4.21. The number of amides is 1. The van der Waals surface area contributed by atoms with Gasteiger partial charge in [-0.3, -0.25) is 9.89 Å². The number of aromatic nitrogens is 2. The first kappa shape index (κ1) is 19.4. The first-order valence-electron chi connectivity index (χ1n) is 9.40. The smallest absolute Gasteiger partial charge is 0.289 e. The molecular formula is C22H24N4O2. The summed E-state index contributed by atoms with van der Waals surface area (Å²) >= 11 is 0. The van der Waals surface area contributed by atoms with Crippen molar-refractivity contribution in [3.8, 4) is 17.0 Å². The lowest BCUT2D eigenvalue weighted by molar-refractivity contribution is 0.0950. The number of hydrogen-bond donors (Lipinski definition) is 2. The van der Waals surface area contributed by atoms with Gasteiger partial charge in [0.05, 0.1) is 18.5 Å². The first-order chi connectivity index (χ1) is 13.7. The van der Waals surface area contributed by atoms with Crippen molar-refractivity contribution in [2.75, 3.05) is 6.61 Å². The Balaban J connectivity index is 1.59. The summed E-state index contributed by atoms with van der Waals surface area (Å²) in [6.45, 7) is 4.86. The first-order valence-corrected chi connectivity index (χ1v) is 9.40. The van der Waals surface area contributed by atoms with Crippen LogP contribution in [0.5, 0.6) is 5.75 Å². The average Bonchev–Trinajstić information content (AvgIpc) is 3.23. The monoisotopic (exact) mass is 376 g/mol. The van der Waals surface area contributed by atoms with Gasteiger partial charge in [-0.2, -0.15) is 10.2 Å². The molecule has 2 N–H and O–H groups in total. The lowest BCUT2D eigenvalue weighted by Gasteiger charge is -2.04. The highest BCUT2D eigenvalue weighted by molar-refractivity contribution is 5.94. The van der Waals surface area contributed by atoms with Gasteiger partial charge in [-0.1, -0.05) is 38.1 Å². The number of hydrogen-bond acceptors (Lipinski definition) is 4. The Labute approximate surface area is 164 Å². The summed E-state index contributed by atoms with van der Waals surface area (Å²) in [6, 6.07) is 17.4. The summed E-state index contributed by atoms with van der Waals surface area (Å²) < 4.78 is 5.57. The standard InChI is InChI=1S/C22H24N4O2/c1-3-13-28-19-11-9-18(10-12-19)20-14-21(25-24-20)22(27)26-23-15-17-7-5-16(4-2)6-8-17/h5-12,14-15H,3-4,13H2,1-2H3,(H,24,25)(H,26,27). The van der Waals surface area contributed by atoms with Crippen LogP contribution in [-0.2, 0) is 6.42 Å². The van der Waals surface area contributed by atoms with Gasteiger partial charge < -0.3 is 4.74 Å². The van der Waals surface area contributed by atoms with Crippen LogP contribution in [0.1, 0.15) is 41.9 Å². The Kier molecular flexibility index (Phi) is 6.57. The van der Waals surface area contributed by atoms with Gasteiger partial charge in [0.15, 0.2) is 0 Å². The molecule has 0 aliphatic heterocycles. The van der Waals surface area contributed by atoms with E-state index in [9.17, 15) is 4.79 Å². The molecule has 0 unspecified atom stereocenters. The topological polar surface area (TPSA) is 79.4 Å². The van der Waals surface area contributed by atoms with Crippen molar-refractivity contribution < 1.29 is 9.53 Å². The van der Waals surface area contributed by atoms with Crippen molar-refractivity contribution in [3.05, 3.63) is 71.4 Å². The van der Waals surface area contributed by atoms with E-state index in [4.69, 9.17) is 4.74 Å². The van der Waals surface area contributed by atoms with Crippen LogP contribution in [-0.4, -0.2) is 28.9 Å². The van der Waals surface area contributed by atoms with Crippen LogP contribution in [0.15, 0.2) is 59.7 Å². The molecule has 3 rings (SSSR count). The van der Waals surface area contributed by atoms with Gasteiger partial charge >= 0.3 is 0 Å². The molecule has 0 radical (unpaired) electrons. The second-order valence-electron chi connectivity index (χ2n) is 6.33. The van der Waals surface area contributed by atoms with Crippen LogP contribution >= 0.6 is 0 Å². The number of aromatic amines is 1. The van der Waals surface area contributed by atoms with E-state index in [1.165, 1.54) is 5.56 Å². The van der Waals surface area contributed by atoms with Gasteiger partial charge in [0.1, 0.15) is 11.4 Å². The number of ether oxygens (including phenoxy) is 1. The Morgan fingerprint density at radius 1 is 1.14 bits per heavy atom. The maximum absolute atomic E-state index is 12.2. The minimum Gasteiger partial charge on any atom is -0.494 e. The van der Waals surface area contributed by atoms with Crippen molar-refractivity contribution in [2.45, 2.75) is 26.7 Å². The average molecular weight is 376 g/mol. The van der Waals surface area contributed by atoms with Gasteiger partial charge in [-0.15, -0.1) is 0 Å². The molecule has 0 saturated carbocycles. The molecule has 144 valence electrons. The molecule has 6 heteroatoms. The SMILES string of the molecule is CCCOc1ccc(-c2cc(C(=O)NN=Cc3ccc(CC)cc3)[nH]n2)cc1. The zero-order valence-electron chi connectivity index (χ0n) is 16.1. The van der Waals surface area contributed by atoms with Crippen LogP contribution < -0.4 is 10.2 Å². The van der Waals surface area contributed by atoms with E-state index in [-0.39, 0.29) is 5.91 Å². The van der Waals surface area contributed by atoms with E-state index in [0.717, 1.165) is 29.7 Å². The Morgan fingerprint density at radius 2 is 1.89 bits per heavy atom. The summed E-state index contributed by atoms with van der Waals surface area (Å²) in [5.41, 5.74) is 6.63. The van der Waals surface area contributed by atoms with Crippen molar-refractivity contribution in [1.82, 2.24) is 15.6 Å². The number of carbonyl (C=O) groups is 1. The molecule has 0 aliphatic carbocycles. The molecule has 1 amide bonds. The van der Waals surface area contributed by atoms with E-state index < -0.39 is 0 Å². The summed E-state index contributed by atoms with van der Waals surface area (Å²) in [6.07, 6.45) is 3.57. The zero-order chi connectivity index (χ0) is 19.8. The molecule has 0 bridgehead atoms. The quantitative estimate of drug-likeness (QED) is 0.457. The van der Waals surface area contributed by atoms with Gasteiger partial charge in [-0.05, 0) is 54.3 Å². The number of nitrogens with zero attached hydrogens (tertiary/aromatic N) is 2. The van der Waals surface area contributed by atoms with Crippen LogP contribution in [0.25, 0.3) is 11.3 Å². The Hall–Kier alpha value is -3.41. The summed E-state index contributed by atoms with van der Waals surface area (Å²) in [5, 5.41) is 11.0. The van der Waals surface area contributed by atoms with Gasteiger partial charge in [-0.25, -0.2) is 5.43 Å². The van der Waals surface area contributed by atoms with Crippen molar-refractivity contribution in [1.29, 1.82) is 0 Å². The van der Waals surface area contributed by atoms with Crippen LogP contribution in [0.4, 0.5) is 0 Å². The summed E-state index contributed by atoms with van der Waals surface area (Å²) in [4.78, 5) is 12.2. The summed E-state index contributed by atoms with van der Waals surface area (Å²) in [5.74, 6) is 0.475. The fourth-order valence-electron chi connectivity index (χ4n) is 2.59. The van der Waals surface area contributed by atoms with E-state index in [2.05, 4.69) is 34.6 Å². The second-order valence-corrected chi connectivity index (χ2v) is 6.33. The van der Waals surface area contributed by atoms with E-state index >= 15 is 0 Å². The molecule has 0 fully saturated rings. The molecule has 0 atom stereocenters. The van der Waals surface area contributed by atoms with E-state index in [1.807, 2.05) is 48.5 Å². The highest BCUT2D eigenvalue weighted by Gasteiger charge is 2.10. The number of benzene rings is 2. The number of aryl methyl sites for hydroxylation is 1. The van der Waals surface area contributed by atoms with Crippen LogP contribution in [0.3, 0.4) is 0 Å². The molecule has 0 aliphatic rings. The normalized spacial score (nSPS) is 10.9. The molecule has 1 aromatic heterocycles. The molecular weight excluding hydrogens is 352 g/mol. The Bertz CT molecular complexity index is 928. The fourth-order valence-corrected chi connectivity index (χ4v) is 2.59. The highest BCUT2D eigenvalue weighted by Crippen LogP contribution is 2.21. The van der Waals surface area contributed by atoms with Gasteiger partial charge in [0, 0.05) is 5.56 Å². The van der Waals surface area contributed by atoms with Crippen molar-refractivity contribution >= 4 is 12.1 Å². The second kappa shape index (κ2) is 9.50. The van der Waals surface area contributed by atoms with E-state index in [0.29, 0.717) is 18.0 Å². The minimum atomic E-state index is -0.344. The molecule has 6 nitrogen and oxygen atoms in total. The lowest BCUT2D eigenvalue weighted by atomic mass is 10.1. The number of hydrazone groups is 1. The maximum atomic E-state index is 12.2.